The van der Waals surface area contributed by atoms with Gasteiger partial charge in [-0.1, -0.05) is 17.7 Å². The second kappa shape index (κ2) is 9.85. The van der Waals surface area contributed by atoms with Crippen molar-refractivity contribution in [2.24, 2.45) is 0 Å². The summed E-state index contributed by atoms with van der Waals surface area (Å²) in [5, 5.41) is 0.761. The molecule has 0 bridgehead atoms. The molecular weight excluding hydrogens is 450 g/mol. The number of anilines is 5. The van der Waals surface area contributed by atoms with E-state index < -0.39 is 0 Å². The first-order valence-electron chi connectivity index (χ1n) is 11.6. The van der Waals surface area contributed by atoms with Crippen molar-refractivity contribution in [3.05, 3.63) is 59.9 Å². The molecule has 1 aromatic heterocycles. The van der Waals surface area contributed by atoms with Crippen LogP contribution in [0.2, 0.25) is 5.02 Å². The summed E-state index contributed by atoms with van der Waals surface area (Å²) in [6.45, 7) is 6.99. The largest absolute Gasteiger partial charge is 0.497 e. The second-order valence-electron chi connectivity index (χ2n) is 8.56. The third-order valence-corrected chi connectivity index (χ3v) is 6.85. The van der Waals surface area contributed by atoms with Gasteiger partial charge in [-0.2, -0.15) is 0 Å². The molecule has 2 aliphatic heterocycles. The fourth-order valence-electron chi connectivity index (χ4n) is 4.70. The van der Waals surface area contributed by atoms with E-state index in [1.165, 1.54) is 5.69 Å². The molecule has 0 atom stereocenters. The Kier molecular flexibility index (Phi) is 6.49. The molecule has 0 unspecified atom stereocenters. The van der Waals surface area contributed by atoms with Crippen molar-refractivity contribution in [3.8, 4) is 5.75 Å². The predicted octanol–water partition coefficient (Wildman–Crippen LogP) is 3.37. The summed E-state index contributed by atoms with van der Waals surface area (Å²) >= 11 is 6.17. The third kappa shape index (κ3) is 4.63. The summed E-state index contributed by atoms with van der Waals surface area (Å²) in [7, 11) is 1.69. The van der Waals surface area contributed by atoms with Gasteiger partial charge in [0.25, 0.3) is 0 Å². The highest BCUT2D eigenvalue weighted by molar-refractivity contribution is 6.30. The number of piperazine rings is 2. The Labute approximate surface area is 205 Å². The molecule has 34 heavy (non-hydrogen) atoms. The van der Waals surface area contributed by atoms with E-state index in [1.54, 1.807) is 13.4 Å². The molecule has 2 aliphatic rings. The first-order chi connectivity index (χ1) is 16.6. The number of methoxy groups -OCH3 is 1. The Hall–Kier alpha value is -3.39. The van der Waals surface area contributed by atoms with E-state index in [1.807, 2.05) is 30.3 Å². The normalized spacial score (nSPS) is 16.6. The molecule has 2 fully saturated rings. The number of benzene rings is 2. The van der Waals surface area contributed by atoms with Gasteiger partial charge in [-0.3, -0.25) is 0 Å². The molecule has 0 spiro atoms. The molecule has 5 rings (SSSR count). The van der Waals surface area contributed by atoms with Gasteiger partial charge < -0.3 is 30.1 Å². The molecule has 178 valence electrons. The first kappa shape index (κ1) is 22.4. The van der Waals surface area contributed by atoms with E-state index in [0.29, 0.717) is 5.69 Å². The highest BCUT2D eigenvalue weighted by Crippen LogP contribution is 2.31. The smallest absolute Gasteiger partial charge is 0.157 e. The van der Waals surface area contributed by atoms with Crippen LogP contribution in [-0.4, -0.2) is 69.4 Å². The maximum Gasteiger partial charge on any atom is 0.157 e. The van der Waals surface area contributed by atoms with Crippen LogP contribution in [0, 0.1) is 0 Å². The molecule has 2 N–H and O–H groups in total. The average molecular weight is 480 g/mol. The molecule has 0 radical (unpaired) electrons. The van der Waals surface area contributed by atoms with Crippen LogP contribution in [0.15, 0.2) is 54.9 Å². The summed E-state index contributed by atoms with van der Waals surface area (Å²) in [5.74, 6) is 2.53. The van der Waals surface area contributed by atoms with Crippen LogP contribution >= 0.6 is 11.6 Å². The Morgan fingerprint density at radius 2 is 1.26 bits per heavy atom. The van der Waals surface area contributed by atoms with Crippen molar-refractivity contribution < 1.29 is 4.74 Å². The molecule has 3 aromatic rings. The predicted molar refractivity (Wildman–Crippen MR) is 140 cm³/mol. The number of halogens is 1. The summed E-state index contributed by atoms with van der Waals surface area (Å²) in [6.07, 6.45) is 1.64. The van der Waals surface area contributed by atoms with E-state index >= 15 is 0 Å². The standard InChI is InChI=1S/C25H30ClN7O/c1-34-22-7-5-20(6-8-22)30-9-13-32(14-10-30)24-23(27)25(29-18-28-24)33-15-11-31(12-16-33)21-4-2-3-19(26)17-21/h2-8,17-18H,9-16,27H2,1H3. The van der Waals surface area contributed by atoms with E-state index in [9.17, 15) is 0 Å². The third-order valence-electron chi connectivity index (χ3n) is 6.61. The lowest BCUT2D eigenvalue weighted by molar-refractivity contribution is 0.415. The van der Waals surface area contributed by atoms with Gasteiger partial charge in [-0.25, -0.2) is 9.97 Å². The maximum atomic E-state index is 6.62. The van der Waals surface area contributed by atoms with Gasteiger partial charge in [0.1, 0.15) is 17.8 Å². The minimum absolute atomic E-state index is 0.664. The minimum Gasteiger partial charge on any atom is -0.497 e. The van der Waals surface area contributed by atoms with Gasteiger partial charge in [0.05, 0.1) is 7.11 Å². The molecule has 2 aromatic carbocycles. The Balaban J connectivity index is 1.23. The molecular formula is C25H30ClN7O. The molecule has 0 amide bonds. The zero-order valence-corrected chi connectivity index (χ0v) is 20.2. The van der Waals surface area contributed by atoms with Crippen molar-refractivity contribution in [1.29, 1.82) is 0 Å². The van der Waals surface area contributed by atoms with Crippen molar-refractivity contribution in [2.45, 2.75) is 0 Å². The number of nitrogen functional groups attached to an aromatic ring is 1. The van der Waals surface area contributed by atoms with Gasteiger partial charge in [0.2, 0.25) is 0 Å². The fourth-order valence-corrected chi connectivity index (χ4v) is 4.88. The highest BCUT2D eigenvalue weighted by atomic mass is 35.5. The summed E-state index contributed by atoms with van der Waals surface area (Å²) in [4.78, 5) is 18.4. The second-order valence-corrected chi connectivity index (χ2v) is 9.00. The lowest BCUT2D eigenvalue weighted by Gasteiger charge is -2.39. The Bertz CT molecular complexity index is 1110. The SMILES string of the molecule is COc1ccc(N2CCN(c3ncnc(N4CCN(c5cccc(Cl)c5)CC4)c3N)CC2)cc1. The quantitative estimate of drug-likeness (QED) is 0.597. The zero-order valence-electron chi connectivity index (χ0n) is 19.4. The van der Waals surface area contributed by atoms with Crippen molar-refractivity contribution in [3.63, 3.8) is 0 Å². The first-order valence-corrected chi connectivity index (χ1v) is 12.0. The monoisotopic (exact) mass is 479 g/mol. The molecule has 0 saturated carbocycles. The average Bonchev–Trinajstić information content (AvgIpc) is 2.89. The number of hydrogen-bond acceptors (Lipinski definition) is 8. The summed E-state index contributed by atoms with van der Waals surface area (Å²) in [5.41, 5.74) is 9.64. The number of aromatic nitrogens is 2. The number of nitrogens with two attached hydrogens (primary N) is 1. The van der Waals surface area contributed by atoms with Gasteiger partial charge in [0, 0.05) is 68.8 Å². The van der Waals surface area contributed by atoms with Crippen LogP contribution in [-0.2, 0) is 0 Å². The van der Waals surface area contributed by atoms with Crippen LogP contribution in [0.5, 0.6) is 5.75 Å². The van der Waals surface area contributed by atoms with Crippen molar-refractivity contribution in [2.75, 3.05) is 84.8 Å². The van der Waals surface area contributed by atoms with E-state index in [4.69, 9.17) is 22.1 Å². The summed E-state index contributed by atoms with van der Waals surface area (Å²) in [6, 6.07) is 16.2. The fraction of sp³-hybridized carbons (Fsp3) is 0.360. The Morgan fingerprint density at radius 3 is 1.79 bits per heavy atom. The Morgan fingerprint density at radius 1 is 0.735 bits per heavy atom. The zero-order chi connectivity index (χ0) is 23.5. The molecule has 0 aliphatic carbocycles. The van der Waals surface area contributed by atoms with Gasteiger partial charge in [-0.05, 0) is 42.5 Å². The lowest BCUT2D eigenvalue weighted by atomic mass is 10.2. The van der Waals surface area contributed by atoms with Crippen molar-refractivity contribution >= 4 is 40.3 Å². The van der Waals surface area contributed by atoms with Crippen LogP contribution < -0.4 is 30.1 Å². The van der Waals surface area contributed by atoms with Crippen LogP contribution in [0.3, 0.4) is 0 Å². The maximum absolute atomic E-state index is 6.62. The van der Waals surface area contributed by atoms with Crippen LogP contribution in [0.25, 0.3) is 0 Å². The van der Waals surface area contributed by atoms with Crippen LogP contribution in [0.1, 0.15) is 0 Å². The molecule has 2 saturated heterocycles. The van der Waals surface area contributed by atoms with Gasteiger partial charge in [-0.15, -0.1) is 0 Å². The van der Waals surface area contributed by atoms with Crippen molar-refractivity contribution in [1.82, 2.24) is 9.97 Å². The number of hydrogen-bond donors (Lipinski definition) is 1. The number of rotatable bonds is 5. The lowest BCUT2D eigenvalue weighted by Crippen LogP contribution is -2.48. The van der Waals surface area contributed by atoms with Gasteiger partial charge >= 0.3 is 0 Å². The minimum atomic E-state index is 0.664. The molecule has 3 heterocycles. The van der Waals surface area contributed by atoms with E-state index in [0.717, 1.165) is 80.5 Å². The van der Waals surface area contributed by atoms with Gasteiger partial charge in [0.15, 0.2) is 11.6 Å². The number of ether oxygens (including phenoxy) is 1. The number of nitrogens with zero attached hydrogens (tertiary/aromatic N) is 6. The summed E-state index contributed by atoms with van der Waals surface area (Å²) < 4.78 is 5.27. The topological polar surface area (TPSA) is 74.0 Å². The van der Waals surface area contributed by atoms with Crippen LogP contribution in [0.4, 0.5) is 28.7 Å². The van der Waals surface area contributed by atoms with E-state index in [-0.39, 0.29) is 0 Å². The highest BCUT2D eigenvalue weighted by Gasteiger charge is 2.25. The molecule has 8 nitrogen and oxygen atoms in total. The molecule has 9 heteroatoms. The van der Waals surface area contributed by atoms with E-state index in [2.05, 4.69) is 47.8 Å².